The molecule has 3 heterocycles. The number of benzene rings is 1. The second-order valence-corrected chi connectivity index (χ2v) is 9.44. The Bertz CT molecular complexity index is 1260. The first kappa shape index (κ1) is 24.9. The van der Waals surface area contributed by atoms with Gasteiger partial charge in [0.1, 0.15) is 11.5 Å². The zero-order valence-corrected chi connectivity index (χ0v) is 19.8. The molecule has 5 rings (SSSR count). The van der Waals surface area contributed by atoms with Crippen molar-refractivity contribution in [2.24, 2.45) is 5.92 Å². The van der Waals surface area contributed by atoms with E-state index in [9.17, 15) is 22.8 Å². The summed E-state index contributed by atoms with van der Waals surface area (Å²) in [6.07, 6.45) is 0.152. The van der Waals surface area contributed by atoms with E-state index in [2.05, 4.69) is 26.1 Å². The van der Waals surface area contributed by atoms with Gasteiger partial charge < -0.3 is 20.5 Å². The molecule has 2 aliphatic rings. The van der Waals surface area contributed by atoms with Gasteiger partial charge in [-0.3, -0.25) is 9.59 Å². The Hall–Kier alpha value is -3.73. The molecule has 8 nitrogen and oxygen atoms in total. The smallest absolute Gasteiger partial charge is 0.360 e. The molecule has 3 aromatic rings. The third-order valence-electron chi connectivity index (χ3n) is 6.70. The molecular weight excluding hydrogens is 487 g/mol. The molecule has 1 aliphatic carbocycles. The van der Waals surface area contributed by atoms with Gasteiger partial charge in [-0.1, -0.05) is 17.3 Å². The van der Waals surface area contributed by atoms with E-state index in [0.29, 0.717) is 11.5 Å². The Balaban J connectivity index is 1.34. The summed E-state index contributed by atoms with van der Waals surface area (Å²) in [4.78, 5) is 29.3. The van der Waals surface area contributed by atoms with E-state index in [0.717, 1.165) is 68.4 Å². The van der Waals surface area contributed by atoms with Crippen molar-refractivity contribution in [1.82, 2.24) is 20.8 Å². The summed E-state index contributed by atoms with van der Waals surface area (Å²) < 4.78 is 43.6. The molecule has 194 valence electrons. The quantitative estimate of drug-likeness (QED) is 0.423. The van der Waals surface area contributed by atoms with Gasteiger partial charge in [0.25, 0.3) is 11.8 Å². The molecule has 1 saturated heterocycles. The number of hydrogen-bond donors (Lipinski definition) is 3. The Morgan fingerprint density at radius 2 is 1.81 bits per heavy atom. The maximum Gasteiger partial charge on any atom is 0.433 e. The van der Waals surface area contributed by atoms with Crippen LogP contribution in [0.3, 0.4) is 0 Å². The van der Waals surface area contributed by atoms with Crippen molar-refractivity contribution in [2.45, 2.75) is 43.8 Å². The number of piperidine rings is 1. The highest BCUT2D eigenvalue weighted by Crippen LogP contribution is 2.40. The number of anilines is 1. The van der Waals surface area contributed by atoms with Crippen LogP contribution in [0.25, 0.3) is 0 Å². The molecule has 0 bridgehead atoms. The molecule has 1 atom stereocenters. The Kier molecular flexibility index (Phi) is 6.96. The van der Waals surface area contributed by atoms with E-state index in [-0.39, 0.29) is 29.2 Å². The van der Waals surface area contributed by atoms with Crippen LogP contribution in [0.5, 0.6) is 0 Å². The summed E-state index contributed by atoms with van der Waals surface area (Å²) in [5.74, 6) is 0.357. The number of carbonyl (C=O) groups is 2. The topological polar surface area (TPSA) is 109 Å². The second-order valence-electron chi connectivity index (χ2n) is 9.44. The van der Waals surface area contributed by atoms with Gasteiger partial charge in [0.2, 0.25) is 0 Å². The van der Waals surface area contributed by atoms with Crippen LogP contribution in [0.1, 0.15) is 75.5 Å². The SMILES string of the molecule is O=C(Nc1ccc(C(F)(F)F)nc1)c1cccc(C(NC(=O)c2cc(C3CC3)on2)C2CCNCC2)c1. The molecule has 1 aliphatic heterocycles. The second kappa shape index (κ2) is 10.3. The molecule has 37 heavy (non-hydrogen) atoms. The normalized spacial score (nSPS) is 17.3. The Morgan fingerprint density at radius 3 is 2.49 bits per heavy atom. The van der Waals surface area contributed by atoms with Crippen LogP contribution >= 0.6 is 0 Å². The summed E-state index contributed by atoms with van der Waals surface area (Å²) in [6.45, 7) is 1.63. The van der Waals surface area contributed by atoms with Crippen LogP contribution < -0.4 is 16.0 Å². The lowest BCUT2D eigenvalue weighted by Gasteiger charge is -2.31. The Labute approximate surface area is 211 Å². The first-order chi connectivity index (χ1) is 17.8. The highest BCUT2D eigenvalue weighted by molar-refractivity contribution is 6.04. The molecule has 2 amide bonds. The predicted octanol–water partition coefficient (Wildman–Crippen LogP) is 4.69. The van der Waals surface area contributed by atoms with Crippen molar-refractivity contribution >= 4 is 17.5 Å². The number of pyridine rings is 1. The third kappa shape index (κ3) is 5.99. The summed E-state index contributed by atoms with van der Waals surface area (Å²) in [5, 5.41) is 12.9. The maximum absolute atomic E-state index is 13.1. The first-order valence-electron chi connectivity index (χ1n) is 12.2. The Morgan fingerprint density at radius 1 is 1.03 bits per heavy atom. The minimum Gasteiger partial charge on any atom is -0.360 e. The van der Waals surface area contributed by atoms with Gasteiger partial charge in [0.05, 0.1) is 17.9 Å². The van der Waals surface area contributed by atoms with Crippen LogP contribution in [0.2, 0.25) is 0 Å². The fourth-order valence-corrected chi connectivity index (χ4v) is 4.53. The number of halogens is 3. The number of nitrogens with zero attached hydrogens (tertiary/aromatic N) is 2. The van der Waals surface area contributed by atoms with Gasteiger partial charge >= 0.3 is 6.18 Å². The number of carbonyl (C=O) groups excluding carboxylic acids is 2. The number of nitrogens with one attached hydrogen (secondary N) is 3. The molecule has 1 saturated carbocycles. The molecular formula is C26H26F3N5O3. The minimum absolute atomic E-state index is 0.137. The van der Waals surface area contributed by atoms with E-state index in [4.69, 9.17) is 4.52 Å². The molecule has 0 spiro atoms. The average molecular weight is 514 g/mol. The van der Waals surface area contributed by atoms with E-state index < -0.39 is 17.8 Å². The lowest BCUT2D eigenvalue weighted by molar-refractivity contribution is -0.141. The lowest BCUT2D eigenvalue weighted by Crippen LogP contribution is -2.39. The molecule has 1 unspecified atom stereocenters. The fraction of sp³-hybridized carbons (Fsp3) is 0.385. The summed E-state index contributed by atoms with van der Waals surface area (Å²) in [7, 11) is 0. The molecule has 1 aromatic carbocycles. The van der Waals surface area contributed by atoms with Gasteiger partial charge in [-0.2, -0.15) is 13.2 Å². The van der Waals surface area contributed by atoms with Crippen molar-refractivity contribution in [3.8, 4) is 0 Å². The van der Waals surface area contributed by atoms with Crippen LogP contribution in [0.4, 0.5) is 18.9 Å². The average Bonchev–Trinajstić information content (AvgIpc) is 3.63. The molecule has 3 N–H and O–H groups in total. The van der Waals surface area contributed by atoms with Crippen LogP contribution in [-0.4, -0.2) is 35.0 Å². The monoisotopic (exact) mass is 513 g/mol. The van der Waals surface area contributed by atoms with Gasteiger partial charge in [-0.05, 0) is 74.5 Å². The third-order valence-corrected chi connectivity index (χ3v) is 6.70. The summed E-state index contributed by atoms with van der Waals surface area (Å²) in [5.41, 5.74) is 0.394. The van der Waals surface area contributed by atoms with Gasteiger partial charge in [-0.15, -0.1) is 0 Å². The van der Waals surface area contributed by atoms with Crippen molar-refractivity contribution < 1.29 is 27.3 Å². The van der Waals surface area contributed by atoms with E-state index in [1.165, 1.54) is 0 Å². The zero-order chi connectivity index (χ0) is 26.0. The number of aromatic nitrogens is 2. The van der Waals surface area contributed by atoms with Crippen molar-refractivity contribution in [1.29, 1.82) is 0 Å². The summed E-state index contributed by atoms with van der Waals surface area (Å²) >= 11 is 0. The van der Waals surface area contributed by atoms with E-state index >= 15 is 0 Å². The fourth-order valence-electron chi connectivity index (χ4n) is 4.53. The first-order valence-corrected chi connectivity index (χ1v) is 12.2. The predicted molar refractivity (Wildman–Crippen MR) is 128 cm³/mol. The zero-order valence-electron chi connectivity index (χ0n) is 19.8. The van der Waals surface area contributed by atoms with Crippen LogP contribution in [-0.2, 0) is 6.18 Å². The van der Waals surface area contributed by atoms with Gasteiger partial charge in [0, 0.05) is 17.5 Å². The molecule has 11 heteroatoms. The number of hydrogen-bond acceptors (Lipinski definition) is 6. The lowest BCUT2D eigenvalue weighted by atomic mass is 9.85. The summed E-state index contributed by atoms with van der Waals surface area (Å²) in [6, 6.07) is 10.2. The van der Waals surface area contributed by atoms with Crippen LogP contribution in [0, 0.1) is 5.92 Å². The number of rotatable bonds is 7. The number of amides is 2. The maximum atomic E-state index is 13.1. The molecule has 2 aromatic heterocycles. The van der Waals surface area contributed by atoms with Crippen molar-refractivity contribution in [2.75, 3.05) is 18.4 Å². The van der Waals surface area contributed by atoms with E-state index in [1.807, 2.05) is 6.07 Å². The molecule has 2 fully saturated rings. The largest absolute Gasteiger partial charge is 0.433 e. The van der Waals surface area contributed by atoms with Crippen molar-refractivity contribution in [3.63, 3.8) is 0 Å². The number of alkyl halides is 3. The van der Waals surface area contributed by atoms with Crippen molar-refractivity contribution in [3.05, 3.63) is 76.9 Å². The van der Waals surface area contributed by atoms with E-state index in [1.54, 1.807) is 24.3 Å². The van der Waals surface area contributed by atoms with Crippen LogP contribution in [0.15, 0.2) is 53.2 Å². The molecule has 0 radical (unpaired) electrons. The van der Waals surface area contributed by atoms with Gasteiger partial charge in [-0.25, -0.2) is 4.98 Å². The van der Waals surface area contributed by atoms with Gasteiger partial charge in [0.15, 0.2) is 5.69 Å². The highest BCUT2D eigenvalue weighted by Gasteiger charge is 2.33. The highest BCUT2D eigenvalue weighted by atomic mass is 19.4. The standard InChI is InChI=1S/C26H26F3N5O3/c27-26(28,29)22-7-6-19(14-31-22)32-24(35)18-3-1-2-17(12-18)23(16-8-10-30-11-9-16)33-25(36)20-13-21(37-34-20)15-4-5-15/h1-3,6-7,12-16,23,30H,4-5,8-11H2,(H,32,35)(H,33,36). The minimum atomic E-state index is -4.56.